The maximum Gasteiger partial charge on any atom is 0.246 e. The smallest absolute Gasteiger partial charge is 0.246 e. The van der Waals surface area contributed by atoms with Crippen LogP contribution in [0.25, 0.3) is 0 Å². The third-order valence-corrected chi connectivity index (χ3v) is 5.35. The van der Waals surface area contributed by atoms with Gasteiger partial charge in [0, 0.05) is 26.3 Å². The number of nitrogens with zero attached hydrogens (tertiary/aromatic N) is 3. The monoisotopic (exact) mass is 273 g/mol. The van der Waals surface area contributed by atoms with E-state index >= 15 is 0 Å². The molecule has 1 aromatic rings. The van der Waals surface area contributed by atoms with E-state index in [1.54, 1.807) is 14.0 Å². The maximum atomic E-state index is 12.3. The third-order valence-electron chi connectivity index (χ3n) is 3.50. The van der Waals surface area contributed by atoms with Crippen molar-refractivity contribution in [3.8, 4) is 0 Å². The minimum Gasteiger partial charge on any atom is -0.393 e. The van der Waals surface area contributed by atoms with Crippen molar-refractivity contribution >= 4 is 10.0 Å². The number of aromatic nitrogens is 2. The summed E-state index contributed by atoms with van der Waals surface area (Å²) in [5.41, 5.74) is 0. The summed E-state index contributed by atoms with van der Waals surface area (Å²) in [6, 6.07) is 0. The van der Waals surface area contributed by atoms with Gasteiger partial charge in [0.25, 0.3) is 0 Å². The molecule has 6 nitrogen and oxygen atoms in total. The Bertz CT molecular complexity index is 501. The van der Waals surface area contributed by atoms with Crippen molar-refractivity contribution in [1.82, 2.24) is 14.1 Å². The van der Waals surface area contributed by atoms with Crippen LogP contribution in [0.2, 0.25) is 0 Å². The zero-order valence-electron chi connectivity index (χ0n) is 10.7. The summed E-state index contributed by atoms with van der Waals surface area (Å²) < 4.78 is 27.5. The first-order chi connectivity index (χ1) is 8.41. The van der Waals surface area contributed by atoms with Gasteiger partial charge in [0.2, 0.25) is 10.0 Å². The molecule has 0 spiro atoms. The van der Waals surface area contributed by atoms with E-state index in [1.807, 2.05) is 0 Å². The highest BCUT2D eigenvalue weighted by Gasteiger charge is 2.31. The van der Waals surface area contributed by atoms with E-state index in [4.69, 9.17) is 0 Å². The predicted octanol–water partition coefficient (Wildman–Crippen LogP) is 0.202. The van der Waals surface area contributed by atoms with E-state index in [-0.39, 0.29) is 16.9 Å². The van der Waals surface area contributed by atoms with Crippen molar-refractivity contribution in [2.45, 2.75) is 30.8 Å². The molecule has 1 aromatic heterocycles. The highest BCUT2D eigenvalue weighted by Crippen LogP contribution is 2.25. The number of hydrogen-bond donors (Lipinski definition) is 1. The lowest BCUT2D eigenvalue weighted by molar-refractivity contribution is 0.0912. The van der Waals surface area contributed by atoms with E-state index in [0.717, 1.165) is 0 Å². The number of aliphatic hydroxyl groups is 1. The molecule has 2 heterocycles. The standard InChI is InChI=1S/C11H19N3O3S/c1-9(15)10-3-5-14(6-4-10)18(16,17)11-7-12-13(2)8-11/h7-10,15H,3-6H2,1-2H3. The van der Waals surface area contributed by atoms with Crippen LogP contribution in [0.15, 0.2) is 17.3 Å². The van der Waals surface area contributed by atoms with Gasteiger partial charge in [0.05, 0.1) is 12.3 Å². The first-order valence-electron chi connectivity index (χ1n) is 6.08. The minimum atomic E-state index is -3.42. The Kier molecular flexibility index (Phi) is 3.74. The zero-order chi connectivity index (χ0) is 13.3. The second-order valence-corrected chi connectivity index (χ2v) is 6.77. The predicted molar refractivity (Wildman–Crippen MR) is 66.4 cm³/mol. The molecule has 1 aliphatic rings. The van der Waals surface area contributed by atoms with Gasteiger partial charge in [0.15, 0.2) is 0 Å². The average Bonchev–Trinajstić information content (AvgIpc) is 2.76. The Hall–Kier alpha value is -0.920. The fourth-order valence-corrected chi connectivity index (χ4v) is 3.74. The molecule has 1 fully saturated rings. The Morgan fingerprint density at radius 1 is 1.44 bits per heavy atom. The van der Waals surface area contributed by atoms with Crippen molar-refractivity contribution in [2.24, 2.45) is 13.0 Å². The van der Waals surface area contributed by atoms with Crippen LogP contribution in [0.5, 0.6) is 0 Å². The SMILES string of the molecule is CC(O)C1CCN(S(=O)(=O)c2cnn(C)c2)CC1. The highest BCUT2D eigenvalue weighted by atomic mass is 32.2. The first kappa shape index (κ1) is 13.5. The summed E-state index contributed by atoms with van der Waals surface area (Å²) in [6.45, 7) is 2.69. The largest absolute Gasteiger partial charge is 0.393 e. The van der Waals surface area contributed by atoms with Gasteiger partial charge in [-0.15, -0.1) is 0 Å². The quantitative estimate of drug-likeness (QED) is 0.853. The van der Waals surface area contributed by atoms with Crippen LogP contribution in [-0.2, 0) is 17.1 Å². The highest BCUT2D eigenvalue weighted by molar-refractivity contribution is 7.89. The molecule has 1 saturated heterocycles. The van der Waals surface area contributed by atoms with E-state index in [2.05, 4.69) is 5.10 Å². The molecule has 0 aliphatic carbocycles. The molecule has 1 aliphatic heterocycles. The Balaban J connectivity index is 2.09. The molecule has 0 radical (unpaired) electrons. The fourth-order valence-electron chi connectivity index (χ4n) is 2.28. The second kappa shape index (κ2) is 4.99. The van der Waals surface area contributed by atoms with Gasteiger partial charge in [-0.1, -0.05) is 0 Å². The summed E-state index contributed by atoms with van der Waals surface area (Å²) in [7, 11) is -1.73. The van der Waals surface area contributed by atoms with Gasteiger partial charge in [-0.3, -0.25) is 4.68 Å². The molecule has 0 saturated carbocycles. The van der Waals surface area contributed by atoms with Gasteiger partial charge in [-0.05, 0) is 25.7 Å². The van der Waals surface area contributed by atoms with Crippen LogP contribution >= 0.6 is 0 Å². The number of aryl methyl sites for hydroxylation is 1. The molecule has 0 amide bonds. The molecule has 102 valence electrons. The van der Waals surface area contributed by atoms with E-state index in [9.17, 15) is 13.5 Å². The Labute approximate surface area is 107 Å². The normalized spacial score (nSPS) is 21.1. The first-order valence-corrected chi connectivity index (χ1v) is 7.52. The van der Waals surface area contributed by atoms with Crippen molar-refractivity contribution < 1.29 is 13.5 Å². The van der Waals surface area contributed by atoms with E-state index in [1.165, 1.54) is 21.4 Å². The fraction of sp³-hybridized carbons (Fsp3) is 0.727. The van der Waals surface area contributed by atoms with Crippen LogP contribution in [0, 0.1) is 5.92 Å². The van der Waals surface area contributed by atoms with Crippen LogP contribution in [-0.4, -0.2) is 46.8 Å². The number of aliphatic hydroxyl groups excluding tert-OH is 1. The third kappa shape index (κ3) is 2.57. The molecule has 1 unspecified atom stereocenters. The van der Waals surface area contributed by atoms with Gasteiger partial charge in [-0.2, -0.15) is 9.40 Å². The van der Waals surface area contributed by atoms with Gasteiger partial charge in [-0.25, -0.2) is 8.42 Å². The number of piperidine rings is 1. The summed E-state index contributed by atoms with van der Waals surface area (Å²) >= 11 is 0. The molecule has 7 heteroatoms. The average molecular weight is 273 g/mol. The molecule has 0 bridgehead atoms. The molecule has 1 N–H and O–H groups in total. The van der Waals surface area contributed by atoms with Gasteiger partial charge in [0.1, 0.15) is 4.90 Å². The topological polar surface area (TPSA) is 75.4 Å². The molecular weight excluding hydrogens is 254 g/mol. The summed E-state index contributed by atoms with van der Waals surface area (Å²) in [5, 5.41) is 13.4. The molecule has 1 atom stereocenters. The number of sulfonamides is 1. The van der Waals surface area contributed by atoms with Crippen LogP contribution in [0.3, 0.4) is 0 Å². The Morgan fingerprint density at radius 2 is 2.06 bits per heavy atom. The number of rotatable bonds is 3. The van der Waals surface area contributed by atoms with E-state index < -0.39 is 10.0 Å². The van der Waals surface area contributed by atoms with Crippen molar-refractivity contribution in [1.29, 1.82) is 0 Å². The van der Waals surface area contributed by atoms with Crippen molar-refractivity contribution in [3.63, 3.8) is 0 Å². The minimum absolute atomic E-state index is 0.199. The van der Waals surface area contributed by atoms with E-state index in [0.29, 0.717) is 25.9 Å². The summed E-state index contributed by atoms with van der Waals surface area (Å²) in [6.07, 6.45) is 3.92. The number of hydrogen-bond acceptors (Lipinski definition) is 4. The van der Waals surface area contributed by atoms with Crippen LogP contribution in [0.1, 0.15) is 19.8 Å². The van der Waals surface area contributed by atoms with Gasteiger partial charge < -0.3 is 5.11 Å². The maximum absolute atomic E-state index is 12.3. The molecule has 0 aromatic carbocycles. The summed E-state index contributed by atoms with van der Waals surface area (Å²) in [4.78, 5) is 0.237. The summed E-state index contributed by atoms with van der Waals surface area (Å²) in [5.74, 6) is 0.199. The molecule has 18 heavy (non-hydrogen) atoms. The van der Waals surface area contributed by atoms with Crippen molar-refractivity contribution in [3.05, 3.63) is 12.4 Å². The lowest BCUT2D eigenvalue weighted by atomic mass is 9.93. The Morgan fingerprint density at radius 3 is 2.50 bits per heavy atom. The lowest BCUT2D eigenvalue weighted by Gasteiger charge is -2.32. The zero-order valence-corrected chi connectivity index (χ0v) is 11.5. The molecular formula is C11H19N3O3S. The second-order valence-electron chi connectivity index (χ2n) is 4.83. The van der Waals surface area contributed by atoms with Crippen LogP contribution in [0.4, 0.5) is 0 Å². The molecule has 2 rings (SSSR count). The van der Waals surface area contributed by atoms with Crippen molar-refractivity contribution in [2.75, 3.05) is 13.1 Å². The van der Waals surface area contributed by atoms with Crippen LogP contribution < -0.4 is 0 Å². The van der Waals surface area contributed by atoms with Gasteiger partial charge >= 0.3 is 0 Å². The lowest BCUT2D eigenvalue weighted by Crippen LogP contribution is -2.40.